The van der Waals surface area contributed by atoms with Crippen LogP contribution in [0, 0.1) is 0 Å². The van der Waals surface area contributed by atoms with Crippen LogP contribution in [0.4, 0.5) is 0 Å². The first-order chi connectivity index (χ1) is 10.3. The number of rotatable bonds is 16. The quantitative estimate of drug-likeness (QED) is 0.253. The molecule has 0 heterocycles. The van der Waals surface area contributed by atoms with Crippen LogP contribution in [-0.2, 0) is 9.59 Å². The van der Waals surface area contributed by atoms with E-state index < -0.39 is 5.91 Å². The number of hydrogen-bond donors (Lipinski definition) is 1. The first-order valence-corrected chi connectivity index (χ1v) is 9.04. The smallest absolute Gasteiger partial charge is 0.284 e. The van der Waals surface area contributed by atoms with E-state index in [0.29, 0.717) is 12.8 Å². The van der Waals surface area contributed by atoms with E-state index >= 15 is 0 Å². The summed E-state index contributed by atoms with van der Waals surface area (Å²) in [5.41, 5.74) is 0. The average molecular weight is 297 g/mol. The molecule has 0 radical (unpaired) electrons. The third kappa shape index (κ3) is 17.1. The lowest BCUT2D eigenvalue weighted by atomic mass is 10.0. The van der Waals surface area contributed by atoms with Crippen molar-refractivity contribution in [2.75, 3.05) is 6.54 Å². The third-order valence-electron chi connectivity index (χ3n) is 3.94. The predicted octanol–water partition coefficient (Wildman–Crippen LogP) is 4.78. The molecule has 3 nitrogen and oxygen atoms in total. The summed E-state index contributed by atoms with van der Waals surface area (Å²) in [5.74, 6) is -0.496. The summed E-state index contributed by atoms with van der Waals surface area (Å²) in [5, 5.41) is 2.57. The summed E-state index contributed by atoms with van der Waals surface area (Å²) in [6.07, 6.45) is 19.0. The summed E-state index contributed by atoms with van der Waals surface area (Å²) in [6.45, 7) is 2.90. The van der Waals surface area contributed by atoms with Crippen molar-refractivity contribution in [3.63, 3.8) is 0 Å². The van der Waals surface area contributed by atoms with E-state index in [9.17, 15) is 9.59 Å². The number of hydrogen-bond acceptors (Lipinski definition) is 2. The zero-order valence-corrected chi connectivity index (χ0v) is 14.0. The maximum atomic E-state index is 10.7. The van der Waals surface area contributed by atoms with Gasteiger partial charge in [-0.3, -0.25) is 9.59 Å². The second-order valence-electron chi connectivity index (χ2n) is 6.01. The van der Waals surface area contributed by atoms with Gasteiger partial charge in [0.25, 0.3) is 5.91 Å². The van der Waals surface area contributed by atoms with Gasteiger partial charge in [-0.2, -0.15) is 0 Å². The molecule has 0 spiro atoms. The Bertz CT molecular complexity index is 241. The molecule has 0 saturated heterocycles. The van der Waals surface area contributed by atoms with E-state index in [1.165, 1.54) is 77.0 Å². The van der Waals surface area contributed by atoms with Crippen LogP contribution in [-0.4, -0.2) is 18.7 Å². The van der Waals surface area contributed by atoms with Crippen molar-refractivity contribution in [3.8, 4) is 0 Å². The molecule has 0 fully saturated rings. The zero-order chi connectivity index (χ0) is 15.6. The Labute approximate surface area is 131 Å². The fourth-order valence-electron chi connectivity index (χ4n) is 2.57. The van der Waals surface area contributed by atoms with Gasteiger partial charge in [-0.15, -0.1) is 0 Å². The highest BCUT2D eigenvalue weighted by molar-refractivity contribution is 6.23. The Balaban J connectivity index is 2.99. The third-order valence-corrected chi connectivity index (χ3v) is 3.94. The van der Waals surface area contributed by atoms with E-state index in [0.717, 1.165) is 12.8 Å². The lowest BCUT2D eigenvalue weighted by Gasteiger charge is -2.03. The van der Waals surface area contributed by atoms with Crippen molar-refractivity contribution in [2.45, 2.75) is 96.8 Å². The van der Waals surface area contributed by atoms with Gasteiger partial charge in [0.2, 0.25) is 6.29 Å². The molecule has 0 unspecified atom stereocenters. The van der Waals surface area contributed by atoms with Gasteiger partial charge in [0.1, 0.15) is 0 Å². The van der Waals surface area contributed by atoms with E-state index in [1.54, 1.807) is 0 Å². The zero-order valence-electron chi connectivity index (χ0n) is 14.0. The molecule has 124 valence electrons. The molecule has 0 aliphatic carbocycles. The fraction of sp³-hybridized carbons (Fsp3) is 0.889. The Morgan fingerprint density at radius 3 is 1.48 bits per heavy atom. The van der Waals surface area contributed by atoms with Crippen molar-refractivity contribution in [3.05, 3.63) is 0 Å². The maximum absolute atomic E-state index is 10.7. The molecule has 0 bridgehead atoms. The molecule has 3 heteroatoms. The number of aldehydes is 1. The van der Waals surface area contributed by atoms with Crippen molar-refractivity contribution in [1.29, 1.82) is 0 Å². The standard InChI is InChI=1S/C18H35NO2/c1-2-3-4-5-6-7-8-9-10-11-12-13-14-15-16-19-18(21)17-20/h17H,2-16H2,1H3,(H,19,21). The van der Waals surface area contributed by atoms with Gasteiger partial charge in [-0.1, -0.05) is 90.4 Å². The first kappa shape index (κ1) is 20.1. The van der Waals surface area contributed by atoms with E-state index in [1.807, 2.05) is 0 Å². The van der Waals surface area contributed by atoms with Crippen LogP contribution < -0.4 is 5.32 Å². The van der Waals surface area contributed by atoms with Gasteiger partial charge >= 0.3 is 0 Å². The van der Waals surface area contributed by atoms with Gasteiger partial charge < -0.3 is 5.32 Å². The van der Waals surface area contributed by atoms with Crippen molar-refractivity contribution in [1.82, 2.24) is 5.32 Å². The van der Waals surface area contributed by atoms with Gasteiger partial charge in [-0.05, 0) is 6.42 Å². The van der Waals surface area contributed by atoms with Crippen molar-refractivity contribution in [2.24, 2.45) is 0 Å². The number of amides is 1. The number of carbonyl (C=O) groups excluding carboxylic acids is 2. The topological polar surface area (TPSA) is 46.2 Å². The minimum atomic E-state index is -0.496. The van der Waals surface area contributed by atoms with Gasteiger partial charge in [0.15, 0.2) is 0 Å². The van der Waals surface area contributed by atoms with Crippen LogP contribution in [0.3, 0.4) is 0 Å². The second-order valence-corrected chi connectivity index (χ2v) is 6.01. The highest BCUT2D eigenvalue weighted by Gasteiger charge is 1.96. The largest absolute Gasteiger partial charge is 0.350 e. The fourth-order valence-corrected chi connectivity index (χ4v) is 2.57. The minimum Gasteiger partial charge on any atom is -0.350 e. The van der Waals surface area contributed by atoms with Crippen molar-refractivity contribution < 1.29 is 9.59 Å². The Kier molecular flexibility index (Phi) is 16.5. The number of unbranched alkanes of at least 4 members (excludes halogenated alkanes) is 13. The molecule has 0 atom stereocenters. The Morgan fingerprint density at radius 1 is 0.714 bits per heavy atom. The van der Waals surface area contributed by atoms with Gasteiger partial charge in [0.05, 0.1) is 0 Å². The maximum Gasteiger partial charge on any atom is 0.284 e. The first-order valence-electron chi connectivity index (χ1n) is 9.04. The van der Waals surface area contributed by atoms with Crippen molar-refractivity contribution >= 4 is 12.2 Å². The van der Waals surface area contributed by atoms with E-state index in [2.05, 4.69) is 12.2 Å². The summed E-state index contributed by atoms with van der Waals surface area (Å²) in [4.78, 5) is 20.7. The van der Waals surface area contributed by atoms with E-state index in [4.69, 9.17) is 0 Å². The monoisotopic (exact) mass is 297 g/mol. The molecule has 0 saturated carbocycles. The van der Waals surface area contributed by atoms with Crippen LogP contribution >= 0.6 is 0 Å². The molecule has 0 aromatic rings. The molecular formula is C18H35NO2. The molecule has 0 aliphatic rings. The second kappa shape index (κ2) is 17.2. The lowest BCUT2D eigenvalue weighted by Crippen LogP contribution is -2.24. The van der Waals surface area contributed by atoms with Gasteiger partial charge in [0, 0.05) is 6.54 Å². The molecule has 0 aromatic carbocycles. The molecule has 21 heavy (non-hydrogen) atoms. The van der Waals surface area contributed by atoms with Crippen LogP contribution in [0.2, 0.25) is 0 Å². The van der Waals surface area contributed by atoms with Crippen LogP contribution in [0.1, 0.15) is 96.8 Å². The molecular weight excluding hydrogens is 262 g/mol. The highest BCUT2D eigenvalue weighted by atomic mass is 16.2. The molecule has 1 N–H and O–H groups in total. The minimum absolute atomic E-state index is 0.337. The molecule has 0 aromatic heterocycles. The normalized spacial score (nSPS) is 10.5. The summed E-state index contributed by atoms with van der Waals surface area (Å²) >= 11 is 0. The van der Waals surface area contributed by atoms with Crippen LogP contribution in [0.15, 0.2) is 0 Å². The summed E-state index contributed by atoms with van der Waals surface area (Å²) < 4.78 is 0. The van der Waals surface area contributed by atoms with Crippen LogP contribution in [0.5, 0.6) is 0 Å². The average Bonchev–Trinajstić information content (AvgIpc) is 2.50. The number of nitrogens with one attached hydrogen (secondary N) is 1. The molecule has 0 rings (SSSR count). The molecule has 0 aliphatic heterocycles. The van der Waals surface area contributed by atoms with Gasteiger partial charge in [-0.25, -0.2) is 0 Å². The SMILES string of the molecule is CCCCCCCCCCCCCCCCNC(=O)C=O. The summed E-state index contributed by atoms with van der Waals surface area (Å²) in [6, 6.07) is 0. The lowest BCUT2D eigenvalue weighted by molar-refractivity contribution is -0.131. The number of carbonyl (C=O) groups is 2. The van der Waals surface area contributed by atoms with Crippen LogP contribution in [0.25, 0.3) is 0 Å². The summed E-state index contributed by atoms with van der Waals surface area (Å²) in [7, 11) is 0. The Hall–Kier alpha value is -0.860. The Morgan fingerprint density at radius 2 is 1.10 bits per heavy atom. The predicted molar refractivity (Wildman–Crippen MR) is 89.4 cm³/mol. The van der Waals surface area contributed by atoms with E-state index in [-0.39, 0.29) is 0 Å². The molecule has 1 amide bonds. The highest BCUT2D eigenvalue weighted by Crippen LogP contribution is 2.12.